The third-order valence-electron chi connectivity index (χ3n) is 3.46. The summed E-state index contributed by atoms with van der Waals surface area (Å²) in [6, 6.07) is 15.6. The summed E-state index contributed by atoms with van der Waals surface area (Å²) >= 11 is 0. The molecule has 4 nitrogen and oxygen atoms in total. The zero-order valence-corrected chi connectivity index (χ0v) is 11.8. The van der Waals surface area contributed by atoms with Crippen LogP contribution in [0.2, 0.25) is 0 Å². The number of nitrogens with one attached hydrogen (secondary N) is 1. The van der Waals surface area contributed by atoms with Crippen LogP contribution >= 0.6 is 0 Å². The Balaban J connectivity index is 1.53. The molecule has 0 spiro atoms. The first-order valence-electron chi connectivity index (χ1n) is 7.15. The molecule has 1 unspecified atom stereocenters. The summed E-state index contributed by atoms with van der Waals surface area (Å²) in [5, 5.41) is 13.3. The van der Waals surface area contributed by atoms with E-state index in [1.54, 1.807) is 0 Å². The fourth-order valence-corrected chi connectivity index (χ4v) is 2.34. The molecule has 0 saturated heterocycles. The van der Waals surface area contributed by atoms with Crippen LogP contribution in [-0.2, 0) is 6.54 Å². The van der Waals surface area contributed by atoms with Gasteiger partial charge in [-0.15, -0.1) is 0 Å². The van der Waals surface area contributed by atoms with Gasteiger partial charge in [-0.1, -0.05) is 36.4 Å². The zero-order valence-electron chi connectivity index (χ0n) is 11.8. The van der Waals surface area contributed by atoms with Crippen LogP contribution in [0.5, 0.6) is 11.5 Å². The van der Waals surface area contributed by atoms with Crippen LogP contribution in [0.25, 0.3) is 0 Å². The van der Waals surface area contributed by atoms with E-state index in [4.69, 9.17) is 9.47 Å². The van der Waals surface area contributed by atoms with Gasteiger partial charge in [-0.2, -0.15) is 0 Å². The van der Waals surface area contributed by atoms with E-state index in [1.807, 2.05) is 48.5 Å². The SMILES string of the molecule is OC(CNCc1ccc2c(c1)OCCO2)c1ccccc1. The van der Waals surface area contributed by atoms with Crippen molar-refractivity contribution in [2.24, 2.45) is 0 Å². The standard InChI is InChI=1S/C17H19NO3/c19-15(14-4-2-1-3-5-14)12-18-11-13-6-7-16-17(10-13)21-9-8-20-16/h1-7,10,15,18-19H,8-9,11-12H2. The number of ether oxygens (including phenoxy) is 2. The lowest BCUT2D eigenvalue weighted by atomic mass is 10.1. The van der Waals surface area contributed by atoms with Crippen LogP contribution in [0.4, 0.5) is 0 Å². The van der Waals surface area contributed by atoms with Crippen LogP contribution in [0.3, 0.4) is 0 Å². The molecule has 2 aromatic rings. The smallest absolute Gasteiger partial charge is 0.161 e. The molecule has 2 aromatic carbocycles. The number of fused-ring (bicyclic) bond motifs is 1. The summed E-state index contributed by atoms with van der Waals surface area (Å²) in [5.74, 6) is 1.60. The minimum atomic E-state index is -0.497. The normalized spacial score (nSPS) is 14.7. The van der Waals surface area contributed by atoms with E-state index in [9.17, 15) is 5.11 Å². The highest BCUT2D eigenvalue weighted by Crippen LogP contribution is 2.30. The van der Waals surface area contributed by atoms with Crippen molar-refractivity contribution in [3.8, 4) is 11.5 Å². The Kier molecular flexibility index (Phi) is 4.38. The summed E-state index contributed by atoms with van der Waals surface area (Å²) in [6.45, 7) is 2.39. The number of rotatable bonds is 5. The molecule has 0 amide bonds. The maximum Gasteiger partial charge on any atom is 0.161 e. The van der Waals surface area contributed by atoms with E-state index >= 15 is 0 Å². The maximum atomic E-state index is 10.1. The molecular weight excluding hydrogens is 266 g/mol. The third-order valence-corrected chi connectivity index (χ3v) is 3.46. The average molecular weight is 285 g/mol. The van der Waals surface area contributed by atoms with Crippen molar-refractivity contribution in [2.75, 3.05) is 19.8 Å². The van der Waals surface area contributed by atoms with E-state index in [0.717, 1.165) is 22.6 Å². The van der Waals surface area contributed by atoms with Crippen molar-refractivity contribution in [3.63, 3.8) is 0 Å². The van der Waals surface area contributed by atoms with E-state index in [2.05, 4.69) is 5.32 Å². The van der Waals surface area contributed by atoms with Gasteiger partial charge in [0, 0.05) is 13.1 Å². The van der Waals surface area contributed by atoms with Gasteiger partial charge in [0.15, 0.2) is 11.5 Å². The van der Waals surface area contributed by atoms with Gasteiger partial charge in [0.2, 0.25) is 0 Å². The van der Waals surface area contributed by atoms with E-state index in [0.29, 0.717) is 26.3 Å². The minimum absolute atomic E-state index is 0.497. The molecule has 1 aliphatic rings. The quantitative estimate of drug-likeness (QED) is 0.885. The van der Waals surface area contributed by atoms with Crippen molar-refractivity contribution in [3.05, 3.63) is 59.7 Å². The Bertz CT molecular complexity index is 586. The lowest BCUT2D eigenvalue weighted by Gasteiger charge is -2.19. The van der Waals surface area contributed by atoms with E-state index < -0.39 is 6.10 Å². The Morgan fingerprint density at radius 2 is 1.76 bits per heavy atom. The Hall–Kier alpha value is -2.04. The van der Waals surface area contributed by atoms with Gasteiger partial charge in [0.05, 0.1) is 6.10 Å². The molecule has 1 aliphatic heterocycles. The molecule has 0 aromatic heterocycles. The molecule has 4 heteroatoms. The molecule has 0 fully saturated rings. The average Bonchev–Trinajstić information content (AvgIpc) is 2.55. The molecule has 0 radical (unpaired) electrons. The van der Waals surface area contributed by atoms with Crippen molar-refractivity contribution in [2.45, 2.75) is 12.6 Å². The third kappa shape index (κ3) is 3.54. The van der Waals surface area contributed by atoms with Crippen LogP contribution in [0, 0.1) is 0 Å². The molecule has 0 aliphatic carbocycles. The highest BCUT2D eigenvalue weighted by atomic mass is 16.6. The Morgan fingerprint density at radius 3 is 2.57 bits per heavy atom. The van der Waals surface area contributed by atoms with Crippen LogP contribution in [-0.4, -0.2) is 24.9 Å². The summed E-state index contributed by atoms with van der Waals surface area (Å²) < 4.78 is 11.1. The van der Waals surface area contributed by atoms with Gasteiger partial charge in [0.1, 0.15) is 13.2 Å². The first kappa shape index (κ1) is 13.9. The number of aliphatic hydroxyl groups is 1. The highest BCUT2D eigenvalue weighted by Gasteiger charge is 2.12. The molecule has 2 N–H and O–H groups in total. The first-order valence-corrected chi connectivity index (χ1v) is 7.15. The minimum Gasteiger partial charge on any atom is -0.486 e. The van der Waals surface area contributed by atoms with Gasteiger partial charge < -0.3 is 19.9 Å². The fraction of sp³-hybridized carbons (Fsp3) is 0.294. The molecule has 0 bridgehead atoms. The van der Waals surface area contributed by atoms with E-state index in [1.165, 1.54) is 0 Å². The number of hydrogen-bond acceptors (Lipinski definition) is 4. The van der Waals surface area contributed by atoms with Crippen LogP contribution in [0.1, 0.15) is 17.2 Å². The van der Waals surface area contributed by atoms with Gasteiger partial charge in [0.25, 0.3) is 0 Å². The van der Waals surface area contributed by atoms with Crippen LogP contribution in [0.15, 0.2) is 48.5 Å². The largest absolute Gasteiger partial charge is 0.486 e. The van der Waals surface area contributed by atoms with Crippen LogP contribution < -0.4 is 14.8 Å². The van der Waals surface area contributed by atoms with Gasteiger partial charge in [-0.05, 0) is 23.3 Å². The van der Waals surface area contributed by atoms with Crippen molar-refractivity contribution < 1.29 is 14.6 Å². The highest BCUT2D eigenvalue weighted by molar-refractivity contribution is 5.43. The molecular formula is C17H19NO3. The predicted molar refractivity (Wildman–Crippen MR) is 80.5 cm³/mol. The molecule has 21 heavy (non-hydrogen) atoms. The van der Waals surface area contributed by atoms with Gasteiger partial charge >= 0.3 is 0 Å². The number of hydrogen-bond donors (Lipinski definition) is 2. The molecule has 3 rings (SSSR count). The monoisotopic (exact) mass is 285 g/mol. The summed E-state index contributed by atoms with van der Waals surface area (Å²) in [7, 11) is 0. The Labute approximate surface area is 124 Å². The van der Waals surface area contributed by atoms with Crippen molar-refractivity contribution >= 4 is 0 Å². The van der Waals surface area contributed by atoms with Gasteiger partial charge in [-0.3, -0.25) is 0 Å². The number of benzene rings is 2. The topological polar surface area (TPSA) is 50.7 Å². The maximum absolute atomic E-state index is 10.1. The summed E-state index contributed by atoms with van der Waals surface area (Å²) in [4.78, 5) is 0. The summed E-state index contributed by atoms with van der Waals surface area (Å²) in [6.07, 6.45) is -0.497. The van der Waals surface area contributed by atoms with Crippen molar-refractivity contribution in [1.82, 2.24) is 5.32 Å². The molecule has 1 atom stereocenters. The molecule has 0 saturated carbocycles. The molecule has 110 valence electrons. The lowest BCUT2D eigenvalue weighted by molar-refractivity contribution is 0.170. The van der Waals surface area contributed by atoms with Gasteiger partial charge in [-0.25, -0.2) is 0 Å². The number of aliphatic hydroxyl groups excluding tert-OH is 1. The second-order valence-corrected chi connectivity index (χ2v) is 5.04. The predicted octanol–water partition coefficient (Wildman–Crippen LogP) is 2.28. The summed E-state index contributed by atoms with van der Waals surface area (Å²) in [5.41, 5.74) is 2.03. The second kappa shape index (κ2) is 6.61. The molecule has 1 heterocycles. The zero-order chi connectivity index (χ0) is 14.5. The lowest BCUT2D eigenvalue weighted by Crippen LogP contribution is -2.21. The Morgan fingerprint density at radius 1 is 1.00 bits per heavy atom. The van der Waals surface area contributed by atoms with E-state index in [-0.39, 0.29) is 0 Å². The van der Waals surface area contributed by atoms with Crippen molar-refractivity contribution in [1.29, 1.82) is 0 Å². The first-order chi connectivity index (χ1) is 10.3. The second-order valence-electron chi connectivity index (χ2n) is 5.04. The fourth-order valence-electron chi connectivity index (χ4n) is 2.34.